The minimum atomic E-state index is -0.477. The van der Waals surface area contributed by atoms with Gasteiger partial charge in [0.1, 0.15) is 9.88 Å². The van der Waals surface area contributed by atoms with Crippen LogP contribution in [-0.4, -0.2) is 28.0 Å². The monoisotopic (exact) mass is 438 g/mol. The first-order valence-corrected chi connectivity index (χ1v) is 10.9. The Balaban J connectivity index is 1.43. The van der Waals surface area contributed by atoms with Crippen molar-refractivity contribution in [3.05, 3.63) is 64.7 Å². The summed E-state index contributed by atoms with van der Waals surface area (Å²) in [6.07, 6.45) is 0. The van der Waals surface area contributed by atoms with E-state index in [1.165, 1.54) is 23.1 Å². The third kappa shape index (κ3) is 4.07. The van der Waals surface area contributed by atoms with Crippen LogP contribution < -0.4 is 16.2 Å². The Kier molecular flexibility index (Phi) is 5.56. The number of fused-ring (bicyclic) bond motifs is 1. The van der Waals surface area contributed by atoms with E-state index in [0.717, 1.165) is 15.5 Å². The van der Waals surface area contributed by atoms with Crippen LogP contribution in [0.5, 0.6) is 0 Å². The van der Waals surface area contributed by atoms with Gasteiger partial charge in [0.2, 0.25) is 5.91 Å². The van der Waals surface area contributed by atoms with Gasteiger partial charge in [0, 0.05) is 16.0 Å². The molecule has 3 aromatic rings. The van der Waals surface area contributed by atoms with Crippen molar-refractivity contribution in [1.29, 1.82) is 0 Å². The average Bonchev–Trinajstić information content (AvgIpc) is 3.14. The van der Waals surface area contributed by atoms with Crippen molar-refractivity contribution in [2.24, 2.45) is 0 Å². The first kappa shape index (κ1) is 20.1. The first-order valence-electron chi connectivity index (χ1n) is 9.17. The summed E-state index contributed by atoms with van der Waals surface area (Å²) in [5, 5.41) is 3.34. The molecule has 7 nitrogen and oxygen atoms in total. The third-order valence-electron chi connectivity index (χ3n) is 4.49. The third-order valence-corrected chi connectivity index (χ3v) is 6.87. The molecule has 2 aromatic carbocycles. The number of carbonyl (C=O) groups excluding carboxylic acids is 3. The van der Waals surface area contributed by atoms with E-state index in [4.69, 9.17) is 0 Å². The summed E-state index contributed by atoms with van der Waals surface area (Å²) < 4.78 is 0. The molecule has 0 saturated carbocycles. The Morgan fingerprint density at radius 3 is 2.57 bits per heavy atom. The number of nitrogens with zero attached hydrogens (tertiary/aromatic N) is 1. The first-order chi connectivity index (χ1) is 14.4. The number of aryl methyl sites for hydroxylation is 1. The van der Waals surface area contributed by atoms with Crippen molar-refractivity contribution in [2.75, 3.05) is 5.32 Å². The van der Waals surface area contributed by atoms with Crippen molar-refractivity contribution in [3.8, 4) is 10.6 Å². The number of rotatable bonds is 3. The summed E-state index contributed by atoms with van der Waals surface area (Å²) in [7, 11) is 0. The molecule has 0 radical (unpaired) electrons. The smallest absolute Gasteiger partial charge is 0.281 e. The van der Waals surface area contributed by atoms with Crippen molar-refractivity contribution < 1.29 is 14.4 Å². The minimum Gasteiger partial charge on any atom is -0.324 e. The molecule has 30 heavy (non-hydrogen) atoms. The fourth-order valence-electron chi connectivity index (χ4n) is 2.90. The zero-order chi connectivity index (χ0) is 21.3. The van der Waals surface area contributed by atoms with Gasteiger partial charge in [0.25, 0.3) is 11.8 Å². The van der Waals surface area contributed by atoms with Crippen molar-refractivity contribution >= 4 is 46.5 Å². The SMILES string of the molecule is Cc1nc(-c2ccccc2)sc1C(=O)NNC(=O)c1ccc2c(c1)NC(=O)C(C)S2. The fraction of sp³-hybridized carbons (Fsp3) is 0.143. The van der Waals surface area contributed by atoms with E-state index in [0.29, 0.717) is 21.8 Å². The van der Waals surface area contributed by atoms with Gasteiger partial charge in [-0.2, -0.15) is 0 Å². The molecule has 0 fully saturated rings. The minimum absolute atomic E-state index is 0.103. The van der Waals surface area contributed by atoms with Gasteiger partial charge in [-0.1, -0.05) is 30.3 Å². The van der Waals surface area contributed by atoms with E-state index in [1.54, 1.807) is 25.1 Å². The van der Waals surface area contributed by atoms with E-state index in [2.05, 4.69) is 21.2 Å². The second-order valence-electron chi connectivity index (χ2n) is 6.67. The molecule has 1 atom stereocenters. The van der Waals surface area contributed by atoms with Crippen LogP contribution >= 0.6 is 23.1 Å². The largest absolute Gasteiger partial charge is 0.324 e. The lowest BCUT2D eigenvalue weighted by Gasteiger charge is -2.21. The maximum absolute atomic E-state index is 12.5. The molecular formula is C21H18N4O3S2. The van der Waals surface area contributed by atoms with Gasteiger partial charge in [0.15, 0.2) is 0 Å². The summed E-state index contributed by atoms with van der Waals surface area (Å²) in [6, 6.07) is 14.6. The molecule has 152 valence electrons. The number of hydrazine groups is 1. The average molecular weight is 439 g/mol. The van der Waals surface area contributed by atoms with Crippen LogP contribution in [0.1, 0.15) is 32.6 Å². The molecule has 1 unspecified atom stereocenters. The summed E-state index contributed by atoms with van der Waals surface area (Å²) in [6.45, 7) is 3.58. The normalized spacial score (nSPS) is 15.1. The number of nitrogens with one attached hydrogen (secondary N) is 3. The second kappa shape index (κ2) is 8.29. The predicted octanol–water partition coefficient (Wildman–Crippen LogP) is 3.63. The van der Waals surface area contributed by atoms with Gasteiger partial charge in [-0.25, -0.2) is 4.98 Å². The molecule has 3 amide bonds. The number of hydrogen-bond acceptors (Lipinski definition) is 6. The van der Waals surface area contributed by atoms with E-state index in [-0.39, 0.29) is 11.2 Å². The number of amides is 3. The number of aromatic nitrogens is 1. The van der Waals surface area contributed by atoms with Crippen LogP contribution in [-0.2, 0) is 4.79 Å². The molecule has 0 bridgehead atoms. The lowest BCUT2D eigenvalue weighted by molar-refractivity contribution is -0.115. The van der Waals surface area contributed by atoms with Gasteiger partial charge in [-0.15, -0.1) is 23.1 Å². The molecule has 0 aliphatic carbocycles. The Labute approximate surface area is 181 Å². The molecule has 1 aromatic heterocycles. The predicted molar refractivity (Wildman–Crippen MR) is 118 cm³/mol. The molecule has 9 heteroatoms. The Morgan fingerprint density at radius 1 is 1.07 bits per heavy atom. The van der Waals surface area contributed by atoms with E-state index >= 15 is 0 Å². The number of thiazole rings is 1. The van der Waals surface area contributed by atoms with Gasteiger partial charge >= 0.3 is 0 Å². The number of hydrogen-bond donors (Lipinski definition) is 3. The number of anilines is 1. The second-order valence-corrected chi connectivity index (χ2v) is 9.05. The molecule has 1 aliphatic heterocycles. The van der Waals surface area contributed by atoms with E-state index < -0.39 is 11.8 Å². The standard InChI is InChI=1S/C21H18N4O3S2/c1-11-17(30-21(22-11)13-6-4-3-5-7-13)20(28)25-24-19(27)14-8-9-16-15(10-14)23-18(26)12(2)29-16/h3-10,12H,1-2H3,(H,23,26)(H,24,27)(H,25,28). The Bertz CT molecular complexity index is 1140. The maximum Gasteiger partial charge on any atom is 0.281 e. The zero-order valence-corrected chi connectivity index (χ0v) is 17.8. The Hall–Kier alpha value is -3.17. The lowest BCUT2D eigenvalue weighted by atomic mass is 10.2. The molecule has 1 aliphatic rings. The highest BCUT2D eigenvalue weighted by Crippen LogP contribution is 2.35. The van der Waals surface area contributed by atoms with Crippen LogP contribution in [0.4, 0.5) is 5.69 Å². The van der Waals surface area contributed by atoms with Crippen molar-refractivity contribution in [1.82, 2.24) is 15.8 Å². The van der Waals surface area contributed by atoms with Crippen LogP contribution in [0.3, 0.4) is 0 Å². The van der Waals surface area contributed by atoms with Crippen LogP contribution in [0, 0.1) is 6.92 Å². The lowest BCUT2D eigenvalue weighted by Crippen LogP contribution is -2.41. The summed E-state index contributed by atoms with van der Waals surface area (Å²) in [5.74, 6) is -1.01. The molecule has 4 rings (SSSR count). The molecule has 0 saturated heterocycles. The number of thioether (sulfide) groups is 1. The highest BCUT2D eigenvalue weighted by molar-refractivity contribution is 8.00. The van der Waals surface area contributed by atoms with Gasteiger partial charge < -0.3 is 5.32 Å². The van der Waals surface area contributed by atoms with E-state index in [1.807, 2.05) is 37.3 Å². The van der Waals surface area contributed by atoms with Crippen LogP contribution in [0.15, 0.2) is 53.4 Å². The maximum atomic E-state index is 12.5. The zero-order valence-electron chi connectivity index (χ0n) is 16.2. The molecule has 3 N–H and O–H groups in total. The highest BCUT2D eigenvalue weighted by atomic mass is 32.2. The summed E-state index contributed by atoms with van der Waals surface area (Å²) in [5.41, 5.74) is 7.30. The summed E-state index contributed by atoms with van der Waals surface area (Å²) >= 11 is 2.70. The van der Waals surface area contributed by atoms with E-state index in [9.17, 15) is 14.4 Å². The highest BCUT2D eigenvalue weighted by Gasteiger charge is 2.24. The topological polar surface area (TPSA) is 100 Å². The van der Waals surface area contributed by atoms with Crippen molar-refractivity contribution in [2.45, 2.75) is 24.0 Å². The fourth-order valence-corrected chi connectivity index (χ4v) is 4.80. The van der Waals surface area contributed by atoms with Gasteiger partial charge in [-0.05, 0) is 32.0 Å². The summed E-state index contributed by atoms with van der Waals surface area (Å²) in [4.78, 5) is 42.6. The van der Waals surface area contributed by atoms with Crippen molar-refractivity contribution in [3.63, 3.8) is 0 Å². The van der Waals surface area contributed by atoms with Gasteiger partial charge in [-0.3, -0.25) is 25.2 Å². The number of benzene rings is 2. The quantitative estimate of drug-likeness (QED) is 0.542. The molecule has 0 spiro atoms. The Morgan fingerprint density at radius 2 is 1.80 bits per heavy atom. The molecule has 2 heterocycles. The molecular weight excluding hydrogens is 420 g/mol. The van der Waals surface area contributed by atoms with Crippen LogP contribution in [0.25, 0.3) is 10.6 Å². The van der Waals surface area contributed by atoms with Gasteiger partial charge in [0.05, 0.1) is 16.6 Å². The van der Waals surface area contributed by atoms with Crippen LogP contribution in [0.2, 0.25) is 0 Å². The number of carbonyl (C=O) groups is 3.